The minimum atomic E-state index is -0.695. The SMILES string of the molecule is CCOC(=O)CCCCCO[C@@H]1C(COCc2ccccc2)O[C@H](OC)C2[C@H]1OC(=O)N2Cc1ccccc1. The molecule has 212 valence electrons. The van der Waals surface area contributed by atoms with Crippen molar-refractivity contribution in [3.8, 4) is 0 Å². The Morgan fingerprint density at radius 3 is 2.38 bits per heavy atom. The fourth-order valence-corrected chi connectivity index (χ4v) is 5.01. The summed E-state index contributed by atoms with van der Waals surface area (Å²) in [6.07, 6.45) is -0.0435. The zero-order valence-electron chi connectivity index (χ0n) is 22.7. The van der Waals surface area contributed by atoms with Crippen LogP contribution in [0.2, 0.25) is 0 Å². The van der Waals surface area contributed by atoms with E-state index in [0.29, 0.717) is 32.8 Å². The third-order valence-corrected chi connectivity index (χ3v) is 6.91. The van der Waals surface area contributed by atoms with E-state index in [0.717, 1.165) is 30.4 Å². The highest BCUT2D eigenvalue weighted by molar-refractivity contribution is 5.71. The second kappa shape index (κ2) is 15.0. The lowest BCUT2D eigenvalue weighted by Crippen LogP contribution is -2.61. The highest BCUT2D eigenvalue weighted by Gasteiger charge is 2.57. The number of rotatable bonds is 15. The number of hydrogen-bond acceptors (Lipinski definition) is 8. The van der Waals surface area contributed by atoms with Gasteiger partial charge in [0.15, 0.2) is 12.4 Å². The zero-order valence-corrected chi connectivity index (χ0v) is 22.7. The van der Waals surface area contributed by atoms with Crippen molar-refractivity contribution in [2.24, 2.45) is 0 Å². The van der Waals surface area contributed by atoms with E-state index >= 15 is 0 Å². The molecule has 9 heteroatoms. The molecule has 2 aromatic carbocycles. The smallest absolute Gasteiger partial charge is 0.411 e. The molecule has 1 amide bonds. The van der Waals surface area contributed by atoms with Gasteiger partial charge in [0.25, 0.3) is 0 Å². The molecule has 9 nitrogen and oxygen atoms in total. The van der Waals surface area contributed by atoms with Crippen molar-refractivity contribution in [1.29, 1.82) is 0 Å². The van der Waals surface area contributed by atoms with Crippen molar-refractivity contribution in [3.63, 3.8) is 0 Å². The van der Waals surface area contributed by atoms with E-state index in [1.165, 1.54) is 0 Å². The lowest BCUT2D eigenvalue weighted by atomic mass is 9.96. The lowest BCUT2D eigenvalue weighted by molar-refractivity contribution is -0.271. The van der Waals surface area contributed by atoms with Crippen LogP contribution in [0.5, 0.6) is 0 Å². The van der Waals surface area contributed by atoms with Crippen molar-refractivity contribution in [1.82, 2.24) is 4.90 Å². The lowest BCUT2D eigenvalue weighted by Gasteiger charge is -2.43. The fraction of sp³-hybridized carbons (Fsp3) is 0.533. The number of fused-ring (bicyclic) bond motifs is 1. The van der Waals surface area contributed by atoms with E-state index in [2.05, 4.69) is 0 Å². The minimum Gasteiger partial charge on any atom is -0.466 e. The van der Waals surface area contributed by atoms with Gasteiger partial charge in [-0.2, -0.15) is 0 Å². The Kier molecular flexibility index (Phi) is 11.1. The topological polar surface area (TPSA) is 92.8 Å². The molecule has 39 heavy (non-hydrogen) atoms. The number of amides is 1. The van der Waals surface area contributed by atoms with Gasteiger partial charge in [-0.15, -0.1) is 0 Å². The predicted molar refractivity (Wildman–Crippen MR) is 143 cm³/mol. The third-order valence-electron chi connectivity index (χ3n) is 6.91. The van der Waals surface area contributed by atoms with Crippen molar-refractivity contribution in [2.75, 3.05) is 26.9 Å². The highest BCUT2D eigenvalue weighted by Crippen LogP contribution is 2.36. The van der Waals surface area contributed by atoms with Crippen LogP contribution >= 0.6 is 0 Å². The molecule has 0 spiro atoms. The maximum atomic E-state index is 13.1. The number of unbranched alkanes of at least 4 members (excludes halogenated alkanes) is 2. The number of carbonyl (C=O) groups excluding carboxylic acids is 2. The summed E-state index contributed by atoms with van der Waals surface area (Å²) in [7, 11) is 1.57. The second-order valence-corrected chi connectivity index (χ2v) is 9.68. The molecule has 0 aliphatic carbocycles. The van der Waals surface area contributed by atoms with E-state index in [4.69, 9.17) is 28.4 Å². The van der Waals surface area contributed by atoms with Gasteiger partial charge < -0.3 is 28.4 Å². The second-order valence-electron chi connectivity index (χ2n) is 9.68. The monoisotopic (exact) mass is 541 g/mol. The van der Waals surface area contributed by atoms with Crippen LogP contribution in [0.25, 0.3) is 0 Å². The maximum absolute atomic E-state index is 13.1. The molecule has 0 aromatic heterocycles. The number of hydrogen-bond donors (Lipinski definition) is 0. The molecular formula is C30H39NO8. The van der Waals surface area contributed by atoms with Crippen LogP contribution in [0.4, 0.5) is 4.79 Å². The van der Waals surface area contributed by atoms with E-state index in [1.807, 2.05) is 60.7 Å². The van der Waals surface area contributed by atoms with E-state index < -0.39 is 36.7 Å². The third kappa shape index (κ3) is 8.02. The molecule has 0 bridgehead atoms. The summed E-state index contributed by atoms with van der Waals surface area (Å²) in [5.74, 6) is -0.181. The Balaban J connectivity index is 1.41. The summed E-state index contributed by atoms with van der Waals surface area (Å²) < 4.78 is 35.3. The summed E-state index contributed by atoms with van der Waals surface area (Å²) in [6.45, 7) is 3.68. The number of carbonyl (C=O) groups is 2. The Morgan fingerprint density at radius 1 is 0.974 bits per heavy atom. The average Bonchev–Trinajstić information content (AvgIpc) is 3.27. The van der Waals surface area contributed by atoms with Gasteiger partial charge in [-0.1, -0.05) is 67.1 Å². The maximum Gasteiger partial charge on any atom is 0.411 e. The van der Waals surface area contributed by atoms with Gasteiger partial charge in [-0.25, -0.2) is 4.79 Å². The summed E-state index contributed by atoms with van der Waals surface area (Å²) in [6, 6.07) is 19.2. The van der Waals surface area contributed by atoms with Gasteiger partial charge in [0.05, 0.1) is 19.8 Å². The Morgan fingerprint density at radius 2 is 1.69 bits per heavy atom. The van der Waals surface area contributed by atoms with Gasteiger partial charge in [0, 0.05) is 26.7 Å². The van der Waals surface area contributed by atoms with Crippen LogP contribution in [0, 0.1) is 0 Å². The normalized spacial score (nSPS) is 24.3. The molecular weight excluding hydrogens is 502 g/mol. The Bertz CT molecular complexity index is 1020. The van der Waals surface area contributed by atoms with Gasteiger partial charge in [0.2, 0.25) is 0 Å². The molecule has 2 aromatic rings. The molecule has 2 heterocycles. The largest absolute Gasteiger partial charge is 0.466 e. The average molecular weight is 542 g/mol. The summed E-state index contributed by atoms with van der Waals surface area (Å²) in [5, 5.41) is 0. The van der Waals surface area contributed by atoms with Crippen molar-refractivity contribution in [3.05, 3.63) is 71.8 Å². The van der Waals surface area contributed by atoms with Gasteiger partial charge >= 0.3 is 12.1 Å². The number of nitrogens with zero attached hydrogens (tertiary/aromatic N) is 1. The standard InChI is InChI=1S/C30H39NO8/c1-3-36-25(32)17-11-6-12-18-37-27-24(21-35-20-23-15-9-5-10-16-23)38-29(34-2)26-28(27)39-30(33)31(26)19-22-13-7-4-8-14-22/h4-5,7-10,13-16,24,26-29H,3,6,11-12,17-21H2,1-2H3/t24?,26?,27-,28-,29+/m1/s1. The first-order chi connectivity index (χ1) is 19.1. The molecule has 0 radical (unpaired) electrons. The molecule has 5 atom stereocenters. The van der Waals surface area contributed by atoms with Crippen LogP contribution in [0.15, 0.2) is 60.7 Å². The molecule has 2 saturated heterocycles. The van der Waals surface area contributed by atoms with Crippen molar-refractivity contribution >= 4 is 12.1 Å². The molecule has 0 saturated carbocycles. The molecule has 2 aliphatic heterocycles. The number of benzene rings is 2. The number of ether oxygens (including phenoxy) is 6. The highest BCUT2D eigenvalue weighted by atomic mass is 16.7. The van der Waals surface area contributed by atoms with Gasteiger partial charge in [-0.05, 0) is 30.9 Å². The Labute approximate surface area is 230 Å². The summed E-state index contributed by atoms with van der Waals surface area (Å²) in [4.78, 5) is 26.3. The van der Waals surface area contributed by atoms with Crippen LogP contribution in [-0.2, 0) is 46.4 Å². The van der Waals surface area contributed by atoms with Crippen LogP contribution < -0.4 is 0 Å². The van der Waals surface area contributed by atoms with E-state index in [-0.39, 0.29) is 12.6 Å². The number of esters is 1. The van der Waals surface area contributed by atoms with Crippen LogP contribution in [0.3, 0.4) is 0 Å². The fourth-order valence-electron chi connectivity index (χ4n) is 5.01. The minimum absolute atomic E-state index is 0.181. The first-order valence-corrected chi connectivity index (χ1v) is 13.7. The van der Waals surface area contributed by atoms with Crippen molar-refractivity contribution < 1.29 is 38.0 Å². The van der Waals surface area contributed by atoms with Gasteiger partial charge in [-0.3, -0.25) is 9.69 Å². The quantitative estimate of drug-likeness (QED) is 0.241. The molecule has 2 fully saturated rings. The zero-order chi connectivity index (χ0) is 27.5. The van der Waals surface area contributed by atoms with Crippen LogP contribution in [0.1, 0.15) is 43.7 Å². The van der Waals surface area contributed by atoms with E-state index in [9.17, 15) is 9.59 Å². The molecule has 0 N–H and O–H groups in total. The van der Waals surface area contributed by atoms with E-state index in [1.54, 1.807) is 18.9 Å². The summed E-state index contributed by atoms with van der Waals surface area (Å²) >= 11 is 0. The van der Waals surface area contributed by atoms with Crippen molar-refractivity contribution in [2.45, 2.75) is 76.4 Å². The van der Waals surface area contributed by atoms with Gasteiger partial charge in [0.1, 0.15) is 18.2 Å². The molecule has 4 rings (SSSR count). The molecule has 2 aliphatic rings. The Hall–Kier alpha value is -2.98. The molecule has 2 unspecified atom stereocenters. The predicted octanol–water partition coefficient (Wildman–Crippen LogP) is 4.47. The van der Waals surface area contributed by atoms with Crippen LogP contribution in [-0.4, -0.2) is 74.5 Å². The first-order valence-electron chi connectivity index (χ1n) is 13.7. The number of methoxy groups -OCH3 is 1. The first kappa shape index (κ1) is 29.0. The summed E-state index contributed by atoms with van der Waals surface area (Å²) in [5.41, 5.74) is 2.03.